The van der Waals surface area contributed by atoms with Gasteiger partial charge in [-0.3, -0.25) is 4.79 Å². The van der Waals surface area contributed by atoms with E-state index in [2.05, 4.69) is 42.0 Å². The predicted molar refractivity (Wildman–Crippen MR) is 98.5 cm³/mol. The molecule has 0 aromatic carbocycles. The van der Waals surface area contributed by atoms with Crippen molar-refractivity contribution in [1.82, 2.24) is 34.7 Å². The van der Waals surface area contributed by atoms with E-state index in [1.807, 2.05) is 18.3 Å². The van der Waals surface area contributed by atoms with Crippen LogP contribution in [0.2, 0.25) is 0 Å². The molecule has 4 heterocycles. The Morgan fingerprint density at radius 3 is 2.93 bits per heavy atom. The quantitative estimate of drug-likeness (QED) is 0.756. The highest BCUT2D eigenvalue weighted by molar-refractivity contribution is 5.92. The first-order chi connectivity index (χ1) is 13.2. The van der Waals surface area contributed by atoms with Crippen LogP contribution in [0.3, 0.4) is 0 Å². The Labute approximate surface area is 156 Å². The van der Waals surface area contributed by atoms with E-state index in [4.69, 9.17) is 0 Å². The van der Waals surface area contributed by atoms with Crippen molar-refractivity contribution in [2.75, 3.05) is 11.4 Å². The van der Waals surface area contributed by atoms with E-state index in [-0.39, 0.29) is 11.9 Å². The van der Waals surface area contributed by atoms with Crippen LogP contribution in [-0.2, 0) is 6.54 Å². The first-order valence-corrected chi connectivity index (χ1v) is 9.51. The number of aromatic nitrogens is 6. The molecular weight excluding hydrogens is 344 g/mol. The lowest BCUT2D eigenvalue weighted by Gasteiger charge is -2.34. The average molecular weight is 366 g/mol. The molecule has 9 nitrogen and oxygen atoms in total. The highest BCUT2D eigenvalue weighted by atomic mass is 16.2. The van der Waals surface area contributed by atoms with Crippen molar-refractivity contribution >= 4 is 17.4 Å². The third-order valence-corrected chi connectivity index (χ3v) is 5.60. The standard InChI is InChI=1S/C18H22N8O/c1-12-17-21-14(18(27)20-13-4-2-3-5-13)10-24(17)8-9-25(12)16-7-6-15-22-19-11-26(15)23-16/h6-7,10-13H,2-5,8-9H2,1H3,(H,20,27)/t12-/m0/s1. The van der Waals surface area contributed by atoms with E-state index < -0.39 is 0 Å². The lowest BCUT2D eigenvalue weighted by molar-refractivity contribution is 0.0933. The molecule has 0 radical (unpaired) electrons. The summed E-state index contributed by atoms with van der Waals surface area (Å²) in [6, 6.07) is 4.18. The van der Waals surface area contributed by atoms with Crippen molar-refractivity contribution in [2.45, 2.75) is 51.2 Å². The largest absolute Gasteiger partial charge is 0.348 e. The van der Waals surface area contributed by atoms with Crippen LogP contribution in [0.15, 0.2) is 24.7 Å². The maximum absolute atomic E-state index is 12.6. The number of rotatable bonds is 3. The Morgan fingerprint density at radius 2 is 2.07 bits per heavy atom. The van der Waals surface area contributed by atoms with Crippen molar-refractivity contribution in [2.24, 2.45) is 0 Å². The summed E-state index contributed by atoms with van der Waals surface area (Å²) in [7, 11) is 0. The maximum Gasteiger partial charge on any atom is 0.271 e. The lowest BCUT2D eigenvalue weighted by Crippen LogP contribution is -2.37. The first-order valence-electron chi connectivity index (χ1n) is 9.51. The summed E-state index contributed by atoms with van der Waals surface area (Å²) >= 11 is 0. The number of nitrogens with one attached hydrogen (secondary N) is 1. The predicted octanol–water partition coefficient (Wildman–Crippen LogP) is 1.57. The fraction of sp³-hybridized carbons (Fsp3) is 0.500. The summed E-state index contributed by atoms with van der Waals surface area (Å²) in [6.07, 6.45) is 8.01. The minimum Gasteiger partial charge on any atom is -0.348 e. The van der Waals surface area contributed by atoms with Gasteiger partial charge >= 0.3 is 0 Å². The van der Waals surface area contributed by atoms with Crippen molar-refractivity contribution in [3.63, 3.8) is 0 Å². The molecule has 5 rings (SSSR count). The van der Waals surface area contributed by atoms with Gasteiger partial charge in [0.1, 0.15) is 23.7 Å². The van der Waals surface area contributed by atoms with Gasteiger partial charge in [0, 0.05) is 25.3 Å². The van der Waals surface area contributed by atoms with Gasteiger partial charge in [-0.25, -0.2) is 4.98 Å². The van der Waals surface area contributed by atoms with Gasteiger partial charge in [-0.2, -0.15) is 4.52 Å². The molecular formula is C18H22N8O. The Hall–Kier alpha value is -2.97. The molecule has 140 valence electrons. The Bertz CT molecular complexity index is 986. The van der Waals surface area contributed by atoms with Gasteiger partial charge in [0.2, 0.25) is 0 Å². The number of carbonyl (C=O) groups is 1. The van der Waals surface area contributed by atoms with Gasteiger partial charge in [0.15, 0.2) is 5.65 Å². The molecule has 0 spiro atoms. The SMILES string of the molecule is C[C@H]1c2nc(C(=O)NC3CCCC3)cn2CCN1c1ccc2nncn2n1. The fourth-order valence-corrected chi connectivity index (χ4v) is 4.11. The van der Waals surface area contributed by atoms with E-state index in [0.717, 1.165) is 43.2 Å². The molecule has 2 aliphatic rings. The second-order valence-electron chi connectivity index (χ2n) is 7.33. The number of hydrogen-bond acceptors (Lipinski definition) is 6. The zero-order chi connectivity index (χ0) is 18.4. The van der Waals surface area contributed by atoms with Crippen LogP contribution in [0.5, 0.6) is 0 Å². The molecule has 1 atom stereocenters. The Balaban J connectivity index is 1.38. The van der Waals surface area contributed by atoms with Gasteiger partial charge in [-0.1, -0.05) is 12.8 Å². The lowest BCUT2D eigenvalue weighted by atomic mass is 10.2. The second kappa shape index (κ2) is 6.33. The Morgan fingerprint density at radius 1 is 1.22 bits per heavy atom. The monoisotopic (exact) mass is 366 g/mol. The molecule has 1 aliphatic heterocycles. The number of anilines is 1. The van der Waals surface area contributed by atoms with E-state index in [1.54, 1.807) is 10.8 Å². The first kappa shape index (κ1) is 16.2. The van der Waals surface area contributed by atoms with Crippen molar-refractivity contribution in [1.29, 1.82) is 0 Å². The summed E-state index contributed by atoms with van der Waals surface area (Å²) in [5, 5.41) is 15.6. The Kier molecular flexibility index (Phi) is 3.80. The van der Waals surface area contributed by atoms with Gasteiger partial charge < -0.3 is 14.8 Å². The molecule has 27 heavy (non-hydrogen) atoms. The summed E-state index contributed by atoms with van der Waals surface area (Å²) in [6.45, 7) is 3.66. The van der Waals surface area contributed by atoms with Crippen LogP contribution < -0.4 is 10.2 Å². The van der Waals surface area contributed by atoms with E-state index in [1.165, 1.54) is 12.8 Å². The molecule has 9 heteroatoms. The van der Waals surface area contributed by atoms with Crippen LogP contribution in [0.25, 0.3) is 5.65 Å². The molecule has 0 unspecified atom stereocenters. The number of imidazole rings is 1. The molecule has 1 aliphatic carbocycles. The summed E-state index contributed by atoms with van der Waals surface area (Å²) < 4.78 is 3.76. The highest BCUT2D eigenvalue weighted by Crippen LogP contribution is 2.29. The van der Waals surface area contributed by atoms with Gasteiger partial charge in [0.05, 0.1) is 6.04 Å². The number of fused-ring (bicyclic) bond motifs is 2. The minimum atomic E-state index is -0.0633. The number of hydrogen-bond donors (Lipinski definition) is 1. The van der Waals surface area contributed by atoms with E-state index in [9.17, 15) is 4.79 Å². The zero-order valence-electron chi connectivity index (χ0n) is 15.2. The van der Waals surface area contributed by atoms with Gasteiger partial charge in [-0.15, -0.1) is 15.3 Å². The van der Waals surface area contributed by atoms with Crippen LogP contribution in [0.4, 0.5) is 5.82 Å². The van der Waals surface area contributed by atoms with Gasteiger partial charge in [0.25, 0.3) is 5.91 Å². The second-order valence-corrected chi connectivity index (χ2v) is 7.33. The van der Waals surface area contributed by atoms with Crippen LogP contribution in [0.1, 0.15) is 55.0 Å². The van der Waals surface area contributed by atoms with Gasteiger partial charge in [-0.05, 0) is 31.9 Å². The van der Waals surface area contributed by atoms with Crippen LogP contribution in [-0.4, -0.2) is 47.9 Å². The average Bonchev–Trinajstić information content (AvgIpc) is 3.41. The maximum atomic E-state index is 12.6. The highest BCUT2D eigenvalue weighted by Gasteiger charge is 2.29. The third kappa shape index (κ3) is 2.83. The molecule has 0 saturated heterocycles. The fourth-order valence-electron chi connectivity index (χ4n) is 4.11. The topological polar surface area (TPSA) is 93.2 Å². The molecule has 1 amide bonds. The molecule has 3 aromatic rings. The zero-order valence-corrected chi connectivity index (χ0v) is 15.2. The van der Waals surface area contributed by atoms with Crippen molar-refractivity contribution in [3.8, 4) is 0 Å². The van der Waals surface area contributed by atoms with Crippen LogP contribution >= 0.6 is 0 Å². The molecule has 1 fully saturated rings. The number of carbonyl (C=O) groups excluding carboxylic acids is 1. The van der Waals surface area contributed by atoms with Crippen molar-refractivity contribution < 1.29 is 4.79 Å². The molecule has 3 aromatic heterocycles. The number of nitrogens with zero attached hydrogens (tertiary/aromatic N) is 7. The van der Waals surface area contributed by atoms with Crippen LogP contribution in [0, 0.1) is 0 Å². The minimum absolute atomic E-state index is 0.0215. The van der Waals surface area contributed by atoms with E-state index in [0.29, 0.717) is 11.7 Å². The summed E-state index contributed by atoms with van der Waals surface area (Å²) in [5.74, 6) is 1.68. The summed E-state index contributed by atoms with van der Waals surface area (Å²) in [5.41, 5.74) is 1.23. The van der Waals surface area contributed by atoms with E-state index >= 15 is 0 Å². The summed E-state index contributed by atoms with van der Waals surface area (Å²) in [4.78, 5) is 19.4. The van der Waals surface area contributed by atoms with Crippen molar-refractivity contribution in [3.05, 3.63) is 36.2 Å². The smallest absolute Gasteiger partial charge is 0.271 e. The molecule has 1 saturated carbocycles. The normalized spacial score (nSPS) is 20.2. The third-order valence-electron chi connectivity index (χ3n) is 5.60. The molecule has 0 bridgehead atoms. The molecule has 1 N–H and O–H groups in total. The number of amides is 1.